The van der Waals surface area contributed by atoms with Gasteiger partial charge < -0.3 is 15.0 Å². The van der Waals surface area contributed by atoms with Crippen molar-refractivity contribution >= 4 is 11.6 Å². The van der Waals surface area contributed by atoms with Gasteiger partial charge in [0.1, 0.15) is 5.75 Å². The molecule has 0 aromatic heterocycles. The highest BCUT2D eigenvalue weighted by molar-refractivity contribution is 5.94. The smallest absolute Gasteiger partial charge is 0.252 e. The van der Waals surface area contributed by atoms with E-state index in [1.54, 1.807) is 12.1 Å². The molecule has 0 fully saturated rings. The van der Waals surface area contributed by atoms with Crippen LogP contribution in [0.2, 0.25) is 0 Å². The second-order valence-electron chi connectivity index (χ2n) is 6.15. The topological polar surface area (TPSA) is 41.6 Å². The van der Waals surface area contributed by atoms with Crippen molar-refractivity contribution in [2.24, 2.45) is 0 Å². The van der Waals surface area contributed by atoms with E-state index in [0.29, 0.717) is 18.7 Å². The number of ether oxygens (including phenoxy) is 1. The molecule has 0 atom stereocenters. The van der Waals surface area contributed by atoms with Crippen molar-refractivity contribution in [3.05, 3.63) is 59.7 Å². The minimum absolute atomic E-state index is 0.137. The maximum Gasteiger partial charge on any atom is 0.252 e. The number of unbranched alkanes of at least 4 members (excludes halogenated alkanes) is 1. The van der Waals surface area contributed by atoms with Crippen LogP contribution in [0.15, 0.2) is 48.5 Å². The Hall–Kier alpha value is -2.93. The standard InChI is InChI=1S/C22H26N2O2/c1-4-5-17-26-21-14-10-19(11-15-21)22(25)23-16-6-7-18-8-12-20(13-9-18)24(2)3/h8-15H,4-5,16-17H2,1-3H3,(H,23,25). The van der Waals surface area contributed by atoms with Gasteiger partial charge >= 0.3 is 0 Å². The number of benzene rings is 2. The first-order valence-corrected chi connectivity index (χ1v) is 8.87. The third-order valence-electron chi connectivity index (χ3n) is 3.84. The molecule has 136 valence electrons. The van der Waals surface area contributed by atoms with E-state index in [9.17, 15) is 4.79 Å². The Morgan fingerprint density at radius 2 is 1.77 bits per heavy atom. The van der Waals surface area contributed by atoms with Gasteiger partial charge in [-0.1, -0.05) is 25.2 Å². The lowest BCUT2D eigenvalue weighted by Crippen LogP contribution is -2.23. The first kappa shape index (κ1) is 19.4. The van der Waals surface area contributed by atoms with Gasteiger partial charge in [0.25, 0.3) is 5.91 Å². The van der Waals surface area contributed by atoms with E-state index >= 15 is 0 Å². The lowest BCUT2D eigenvalue weighted by molar-refractivity contribution is 0.0958. The lowest BCUT2D eigenvalue weighted by atomic mass is 10.2. The van der Waals surface area contributed by atoms with Crippen molar-refractivity contribution < 1.29 is 9.53 Å². The molecule has 0 spiro atoms. The van der Waals surface area contributed by atoms with Crippen molar-refractivity contribution in [2.75, 3.05) is 32.1 Å². The molecule has 26 heavy (non-hydrogen) atoms. The predicted molar refractivity (Wildman–Crippen MR) is 107 cm³/mol. The Bertz CT molecular complexity index is 753. The quantitative estimate of drug-likeness (QED) is 0.611. The average Bonchev–Trinajstić information content (AvgIpc) is 2.66. The highest BCUT2D eigenvalue weighted by Gasteiger charge is 2.04. The van der Waals surface area contributed by atoms with Gasteiger partial charge in [-0.3, -0.25) is 4.79 Å². The molecule has 0 aliphatic heterocycles. The summed E-state index contributed by atoms with van der Waals surface area (Å²) in [6, 6.07) is 15.2. The molecule has 0 unspecified atom stereocenters. The summed E-state index contributed by atoms with van der Waals surface area (Å²) in [5, 5.41) is 2.81. The molecule has 4 nitrogen and oxygen atoms in total. The molecule has 2 aromatic rings. The third-order valence-corrected chi connectivity index (χ3v) is 3.84. The molecule has 0 saturated carbocycles. The van der Waals surface area contributed by atoms with E-state index in [-0.39, 0.29) is 5.91 Å². The maximum absolute atomic E-state index is 12.1. The SMILES string of the molecule is CCCCOc1ccc(C(=O)NCC#Cc2ccc(N(C)C)cc2)cc1. The number of anilines is 1. The molecule has 1 amide bonds. The number of carbonyl (C=O) groups is 1. The molecule has 0 aliphatic carbocycles. The third kappa shape index (κ3) is 6.18. The Balaban J connectivity index is 1.81. The largest absolute Gasteiger partial charge is 0.494 e. The van der Waals surface area contributed by atoms with Gasteiger partial charge in [-0.25, -0.2) is 0 Å². The molecule has 0 saturated heterocycles. The van der Waals surface area contributed by atoms with E-state index in [1.807, 2.05) is 55.4 Å². The van der Waals surface area contributed by atoms with Crippen LogP contribution in [-0.4, -0.2) is 33.2 Å². The zero-order chi connectivity index (χ0) is 18.8. The fraction of sp³-hybridized carbons (Fsp3) is 0.318. The Kier molecular flexibility index (Phi) is 7.57. The van der Waals surface area contributed by atoms with Crippen LogP contribution in [0.5, 0.6) is 5.75 Å². The summed E-state index contributed by atoms with van der Waals surface area (Å²) in [5.41, 5.74) is 2.66. The van der Waals surface area contributed by atoms with Gasteiger partial charge in [0.2, 0.25) is 0 Å². The van der Waals surface area contributed by atoms with Gasteiger partial charge in [0.15, 0.2) is 0 Å². The lowest BCUT2D eigenvalue weighted by Gasteiger charge is -2.11. The molecule has 2 rings (SSSR count). The van der Waals surface area contributed by atoms with Gasteiger partial charge in [0.05, 0.1) is 13.2 Å². The summed E-state index contributed by atoms with van der Waals surface area (Å²) in [6.45, 7) is 3.13. The van der Waals surface area contributed by atoms with Crippen LogP contribution in [0.3, 0.4) is 0 Å². The van der Waals surface area contributed by atoms with E-state index < -0.39 is 0 Å². The van der Waals surface area contributed by atoms with Crippen LogP contribution in [0.4, 0.5) is 5.69 Å². The molecule has 0 heterocycles. The summed E-state index contributed by atoms with van der Waals surface area (Å²) < 4.78 is 5.59. The molecule has 1 N–H and O–H groups in total. The highest BCUT2D eigenvalue weighted by atomic mass is 16.5. The fourth-order valence-corrected chi connectivity index (χ4v) is 2.25. The molecular weight excluding hydrogens is 324 g/mol. The first-order valence-electron chi connectivity index (χ1n) is 8.87. The van der Waals surface area contributed by atoms with Crippen LogP contribution >= 0.6 is 0 Å². The van der Waals surface area contributed by atoms with Crippen LogP contribution in [0.1, 0.15) is 35.7 Å². The van der Waals surface area contributed by atoms with Crippen molar-refractivity contribution in [2.45, 2.75) is 19.8 Å². The van der Waals surface area contributed by atoms with Crippen molar-refractivity contribution in [1.82, 2.24) is 5.32 Å². The summed E-state index contributed by atoms with van der Waals surface area (Å²) in [5.74, 6) is 6.68. The van der Waals surface area contributed by atoms with Crippen LogP contribution in [0, 0.1) is 11.8 Å². The molecular formula is C22H26N2O2. The molecule has 0 aliphatic rings. The van der Waals surface area contributed by atoms with E-state index in [4.69, 9.17) is 4.74 Å². The summed E-state index contributed by atoms with van der Waals surface area (Å²) in [6.07, 6.45) is 2.13. The van der Waals surface area contributed by atoms with Crippen molar-refractivity contribution in [3.8, 4) is 17.6 Å². The first-order chi connectivity index (χ1) is 12.6. The monoisotopic (exact) mass is 350 g/mol. The number of hydrogen-bond acceptors (Lipinski definition) is 3. The Morgan fingerprint density at radius 1 is 1.08 bits per heavy atom. The number of nitrogens with one attached hydrogen (secondary N) is 1. The Morgan fingerprint density at radius 3 is 2.38 bits per heavy atom. The van der Waals surface area contributed by atoms with Gasteiger partial charge in [-0.2, -0.15) is 0 Å². The zero-order valence-electron chi connectivity index (χ0n) is 15.7. The van der Waals surface area contributed by atoms with Gasteiger partial charge in [-0.15, -0.1) is 0 Å². The molecule has 0 radical (unpaired) electrons. The predicted octanol–water partition coefficient (Wildman–Crippen LogP) is 3.71. The molecule has 0 bridgehead atoms. The number of amides is 1. The van der Waals surface area contributed by atoms with Crippen LogP contribution in [0.25, 0.3) is 0 Å². The molecule has 2 aromatic carbocycles. The second-order valence-corrected chi connectivity index (χ2v) is 6.15. The van der Waals surface area contributed by atoms with Gasteiger partial charge in [-0.05, 0) is 55.0 Å². The Labute approximate surface area is 156 Å². The number of hydrogen-bond donors (Lipinski definition) is 1. The molecule has 4 heteroatoms. The number of nitrogens with zero attached hydrogens (tertiary/aromatic N) is 1. The van der Waals surface area contributed by atoms with E-state index in [2.05, 4.69) is 24.1 Å². The van der Waals surface area contributed by atoms with Crippen molar-refractivity contribution in [1.29, 1.82) is 0 Å². The van der Waals surface area contributed by atoms with Crippen LogP contribution in [-0.2, 0) is 0 Å². The van der Waals surface area contributed by atoms with Crippen molar-refractivity contribution in [3.63, 3.8) is 0 Å². The number of carbonyl (C=O) groups excluding carboxylic acids is 1. The van der Waals surface area contributed by atoms with E-state index in [0.717, 1.165) is 29.8 Å². The average molecular weight is 350 g/mol. The van der Waals surface area contributed by atoms with E-state index in [1.165, 1.54) is 0 Å². The second kappa shape index (κ2) is 10.1. The maximum atomic E-state index is 12.1. The fourth-order valence-electron chi connectivity index (χ4n) is 2.25. The minimum atomic E-state index is -0.137. The summed E-state index contributed by atoms with van der Waals surface area (Å²) in [4.78, 5) is 14.2. The summed E-state index contributed by atoms with van der Waals surface area (Å²) in [7, 11) is 4.00. The highest BCUT2D eigenvalue weighted by Crippen LogP contribution is 2.13. The minimum Gasteiger partial charge on any atom is -0.494 e. The number of rotatable bonds is 7. The zero-order valence-corrected chi connectivity index (χ0v) is 15.7. The summed E-state index contributed by atoms with van der Waals surface area (Å²) >= 11 is 0. The normalized spacial score (nSPS) is 9.81. The van der Waals surface area contributed by atoms with Gasteiger partial charge in [0, 0.05) is 30.9 Å². The van der Waals surface area contributed by atoms with Crippen LogP contribution < -0.4 is 15.0 Å².